The van der Waals surface area contributed by atoms with Gasteiger partial charge in [0.15, 0.2) is 0 Å². The summed E-state index contributed by atoms with van der Waals surface area (Å²) in [7, 11) is -15.6. The third kappa shape index (κ3) is 28.9. The summed E-state index contributed by atoms with van der Waals surface area (Å²) in [6.07, 6.45) is 0. The van der Waals surface area contributed by atoms with E-state index in [1.54, 1.807) is 322 Å². The summed E-state index contributed by atoms with van der Waals surface area (Å²) in [6, 6.07) is 99.6. The van der Waals surface area contributed by atoms with Crippen LogP contribution in [0.2, 0.25) is 0 Å². The summed E-state index contributed by atoms with van der Waals surface area (Å²) >= 11 is 0. The number of ether oxygens (including phenoxy) is 4. The van der Waals surface area contributed by atoms with Crippen molar-refractivity contribution in [2.45, 2.75) is 40.4 Å². The Kier molecular flexibility index (Phi) is 35.0. The van der Waals surface area contributed by atoms with Crippen LogP contribution in [0, 0.1) is 86.5 Å². The van der Waals surface area contributed by atoms with Gasteiger partial charge in [-0.1, -0.05) is 194 Å². The summed E-state index contributed by atoms with van der Waals surface area (Å²) in [5.41, 5.74) is 42.6. The van der Waals surface area contributed by atoms with Crippen molar-refractivity contribution < 1.29 is 116 Å². The Balaban J connectivity index is 0.000000172. The van der Waals surface area contributed by atoms with E-state index in [-0.39, 0.29) is 122 Å². The van der Waals surface area contributed by atoms with E-state index in [0.717, 1.165) is 16.7 Å². The summed E-state index contributed by atoms with van der Waals surface area (Å²) in [5.74, 6) is 0.925. The molecular formula is C107H94AcN17O16S4-. The molecule has 0 aliphatic carbocycles. The van der Waals surface area contributed by atoms with Gasteiger partial charge in [-0.25, -0.2) is 54.2 Å². The van der Waals surface area contributed by atoms with Crippen molar-refractivity contribution in [3.05, 3.63) is 431 Å². The van der Waals surface area contributed by atoms with E-state index in [1.807, 2.05) is 20.8 Å². The van der Waals surface area contributed by atoms with Crippen molar-refractivity contribution in [3.63, 3.8) is 0 Å². The Hall–Kier alpha value is -16.6. The van der Waals surface area contributed by atoms with Crippen LogP contribution in [-0.4, -0.2) is 80.6 Å². The molecule has 0 aliphatic heterocycles. The molecular weight excluding hydrogens is 2130 g/mol. The summed E-state index contributed by atoms with van der Waals surface area (Å²) in [4.78, 5) is 52.5. The van der Waals surface area contributed by atoms with Crippen LogP contribution in [0.5, 0.6) is 46.0 Å². The Morgan fingerprint density at radius 1 is 0.255 bits per heavy atom. The van der Waals surface area contributed by atoms with Gasteiger partial charge < -0.3 is 68.9 Å². The molecule has 4 amide bonds. The van der Waals surface area contributed by atoms with Crippen LogP contribution in [0.1, 0.15) is 80.4 Å². The molecule has 0 bridgehead atoms. The second-order valence-corrected chi connectivity index (χ2v) is 38.3. The largest absolute Gasteiger partial charge is 0.699 e. The fourth-order valence-corrected chi connectivity index (χ4v) is 17.5. The van der Waals surface area contributed by atoms with Gasteiger partial charge in [-0.15, -0.1) is 5.69 Å². The van der Waals surface area contributed by atoms with E-state index in [0.29, 0.717) is 146 Å². The van der Waals surface area contributed by atoms with Gasteiger partial charge in [-0.05, 0) is 230 Å². The molecule has 16 rings (SSSR count). The first kappa shape index (κ1) is 107. The van der Waals surface area contributed by atoms with Crippen LogP contribution in [0.15, 0.2) is 384 Å². The van der Waals surface area contributed by atoms with Gasteiger partial charge >= 0.3 is 0 Å². The van der Waals surface area contributed by atoms with Crippen LogP contribution >= 0.6 is 0 Å². The molecule has 0 aliphatic rings. The summed E-state index contributed by atoms with van der Waals surface area (Å²) in [6.45, 7) is 5.66. The van der Waals surface area contributed by atoms with Crippen LogP contribution in [0.3, 0.4) is 0 Å². The monoisotopic (exact) mass is 2230 g/mol. The molecule has 0 unspecified atom stereocenters. The number of carbonyl (C=O) groups excluding carboxylic acids is 4. The zero-order valence-corrected chi connectivity index (χ0v) is 85.5. The normalized spacial score (nSPS) is 11.0. The maximum atomic E-state index is 13.1. The second kappa shape index (κ2) is 47.3. The molecule has 16 aromatic rings. The molecule has 25 N–H and O–H groups in total. The van der Waals surface area contributed by atoms with Gasteiger partial charge in [0.05, 0.1) is 41.8 Å². The van der Waals surface area contributed by atoms with Gasteiger partial charge in [0, 0.05) is 111 Å². The Morgan fingerprint density at radius 2 is 0.455 bits per heavy atom. The number of primary sulfonamides is 4. The molecule has 1 radical (unpaired) electrons. The average Bonchev–Trinajstić information content (AvgIpc) is 0.791. The molecule has 0 aromatic heterocycles. The number of nitrogens with one attached hydrogen (secondary N) is 9. The zero-order chi connectivity index (χ0) is 103. The fourth-order valence-electron chi connectivity index (χ4n) is 14.5. The molecule has 38 heteroatoms. The number of nitrogen functional groups attached to an aromatic ring is 4. The van der Waals surface area contributed by atoms with E-state index in [1.165, 1.54) is 42.5 Å². The number of hydrogen-bond acceptors (Lipinski definition) is 20. The second-order valence-electron chi connectivity index (χ2n) is 32.2. The number of hydrogen-bond donors (Lipinski definition) is 16. The fraction of sp³-hybridized carbons (Fsp3) is 0.0280. The van der Waals surface area contributed by atoms with Gasteiger partial charge in [0.1, 0.15) is 69.3 Å². The predicted molar refractivity (Wildman–Crippen MR) is 559 cm³/mol. The average molecular weight is 2230 g/mol. The number of nitrogens with two attached hydrogens (primary N) is 8. The molecule has 33 nitrogen and oxygen atoms in total. The van der Waals surface area contributed by atoms with Crippen molar-refractivity contribution in [2.24, 2.45) is 43.5 Å². The Morgan fingerprint density at radius 3 is 0.662 bits per heavy atom. The van der Waals surface area contributed by atoms with E-state index < -0.39 is 46.0 Å². The van der Waals surface area contributed by atoms with Gasteiger partial charge in [0.25, 0.3) is 23.6 Å². The van der Waals surface area contributed by atoms with Crippen LogP contribution in [-0.2, 0) is 40.1 Å². The van der Waals surface area contributed by atoms with Crippen LogP contribution in [0.25, 0.3) is 50.2 Å². The van der Waals surface area contributed by atoms with Gasteiger partial charge in [-0.2, -0.15) is 0 Å². The van der Waals surface area contributed by atoms with Crippen molar-refractivity contribution in [2.75, 3.05) is 21.3 Å². The third-order valence-corrected chi connectivity index (χ3v) is 25.3. The quantitative estimate of drug-likeness (QED) is 0.0160. The number of aryl methyl sites for hydroxylation is 3. The number of sulfonamides is 4. The first-order valence-electron chi connectivity index (χ1n) is 43.3. The van der Waals surface area contributed by atoms with E-state index in [4.69, 9.17) is 89.8 Å². The smallest absolute Gasteiger partial charge is 0.259 e. The first-order chi connectivity index (χ1) is 68.5. The van der Waals surface area contributed by atoms with Crippen molar-refractivity contribution in [1.82, 2.24) is 0 Å². The Labute approximate surface area is 872 Å². The molecule has 0 fully saturated rings. The molecule has 0 spiro atoms. The minimum absolute atomic E-state index is 0. The number of rotatable bonds is 28. The standard InChI is InChI=1S/3C27H24N4O4S.C26H23N5O4S.Ac/c3*1-17-9-14-23(24(15-17)35-21-6-4-5-19(16-21)26(28)29)27(32)31-20-12-10-18(11-13-20)22-7-2-3-8-25(22)36(30,33)34;27-18-10-13-22(23(15-18)35-20-5-3-4-17(14-20)25(28)29)26(32)31-19-11-8-16(9-12-19)21-6-1-2-7-24(21)36(30,33)34;/h3*2-16H,1H3,(H3,28,29)(H,31,32)(H2,30,33,34);1-15H,(H8,27,28,29,30,31,32,33,34);/p-1. The SMILES string of the molecule is Cc1ccc(C(=O)Nc2ccc(-c3ccccc3S(N)(=O)=O)cc2)c(Oc2cccc(C(=N)N)c2)c1.Cc1ccc(C(=O)Nc2ccc(-c3ccccc3S(N)(=O)=O)cc2)c(Oc2cccc(C(=N)N)c2)c1.Cc1ccc(C(=O)Nc2ccc(-c3ccccc3S(N)(=O)=O)cc2)c(Oc2cccc(C(=N)N)c2)c1.N=C(N)c1cccc(Oc2cc([NH-])ccc2C(=O)Nc2ccc(-c3ccccc3S(N)(=O)=O)cc2)c1.[Ac]. The van der Waals surface area contributed by atoms with Gasteiger partial charge in [-0.3, -0.25) is 40.8 Å². The predicted octanol–water partition coefficient (Wildman–Crippen LogP) is 18.9. The molecule has 731 valence electrons. The topological polar surface area (TPSA) is 617 Å². The van der Waals surface area contributed by atoms with E-state index in [9.17, 15) is 52.8 Å². The number of anilines is 4. The number of carbonyl (C=O) groups is 4. The van der Waals surface area contributed by atoms with Crippen molar-refractivity contribution >= 4 is 116 Å². The minimum Gasteiger partial charge on any atom is -0.699 e. The summed E-state index contributed by atoms with van der Waals surface area (Å²) < 4.78 is 119. The molecule has 16 aromatic carbocycles. The molecule has 0 atom stereocenters. The van der Waals surface area contributed by atoms with Crippen molar-refractivity contribution in [3.8, 4) is 90.5 Å². The molecule has 0 heterocycles. The number of benzene rings is 16. The number of amides is 4. The maximum absolute atomic E-state index is 13.1. The van der Waals surface area contributed by atoms with Gasteiger partial charge in [0.2, 0.25) is 40.1 Å². The zero-order valence-electron chi connectivity index (χ0n) is 77.5. The molecule has 145 heavy (non-hydrogen) atoms. The first-order valence-corrected chi connectivity index (χ1v) is 49.5. The minimum atomic E-state index is -3.91. The van der Waals surface area contributed by atoms with Crippen LogP contribution < -0.4 is 83.7 Å². The maximum Gasteiger partial charge on any atom is 0.259 e. The summed E-state index contributed by atoms with van der Waals surface area (Å²) in [5, 5.41) is 63.1. The third-order valence-electron chi connectivity index (χ3n) is 21.5. The molecule has 0 saturated heterocycles. The van der Waals surface area contributed by atoms with E-state index >= 15 is 0 Å². The number of amidine groups is 4. The van der Waals surface area contributed by atoms with Crippen molar-refractivity contribution in [1.29, 1.82) is 21.6 Å². The van der Waals surface area contributed by atoms with E-state index in [2.05, 4.69) is 21.3 Å². The molecule has 0 saturated carbocycles. The Bertz CT molecular complexity index is 7220. The van der Waals surface area contributed by atoms with Crippen LogP contribution in [0.4, 0.5) is 28.4 Å².